The van der Waals surface area contributed by atoms with Gasteiger partial charge in [0.1, 0.15) is 10.4 Å². The van der Waals surface area contributed by atoms with Crippen LogP contribution in [-0.4, -0.2) is 28.9 Å². The molecule has 0 saturated heterocycles. The highest BCUT2D eigenvalue weighted by atomic mass is 32.1. The Labute approximate surface area is 115 Å². The second-order valence-electron chi connectivity index (χ2n) is 3.98. The Morgan fingerprint density at radius 2 is 2.11 bits per heavy atom. The number of hydrogen-bond acceptors (Lipinski definition) is 4. The number of pyridine rings is 1. The number of fused-ring (bicyclic) bond motifs is 1. The molecule has 2 rings (SSSR count). The molecule has 0 spiro atoms. The second-order valence-corrected chi connectivity index (χ2v) is 5.03. The number of aromatic nitrogens is 1. The Morgan fingerprint density at radius 1 is 1.42 bits per heavy atom. The zero-order valence-electron chi connectivity index (χ0n) is 10.5. The molecule has 0 saturated carbocycles. The minimum atomic E-state index is -0.111. The second kappa shape index (κ2) is 5.67. The maximum atomic E-state index is 12.4. The molecule has 5 heteroatoms. The van der Waals surface area contributed by atoms with Crippen LogP contribution in [0.5, 0.6) is 0 Å². The summed E-state index contributed by atoms with van der Waals surface area (Å²) >= 11 is 1.36. The number of anilines is 1. The lowest BCUT2D eigenvalue weighted by Gasteiger charge is -2.18. The van der Waals surface area contributed by atoms with Crippen molar-refractivity contribution in [3.63, 3.8) is 0 Å². The van der Waals surface area contributed by atoms with E-state index in [1.54, 1.807) is 23.2 Å². The first kappa shape index (κ1) is 13.3. The minimum absolute atomic E-state index is 0.111. The van der Waals surface area contributed by atoms with Crippen molar-refractivity contribution in [3.05, 3.63) is 48.5 Å². The zero-order chi connectivity index (χ0) is 13.8. The topological polar surface area (TPSA) is 59.2 Å². The van der Waals surface area contributed by atoms with Gasteiger partial charge in [0.15, 0.2) is 0 Å². The van der Waals surface area contributed by atoms with E-state index in [0.29, 0.717) is 29.2 Å². The van der Waals surface area contributed by atoms with Gasteiger partial charge >= 0.3 is 0 Å². The van der Waals surface area contributed by atoms with Crippen LogP contribution in [0.4, 0.5) is 5.69 Å². The Bertz CT molecular complexity index is 623. The fraction of sp³-hybridized carbons (Fsp3) is 0.143. The van der Waals surface area contributed by atoms with E-state index in [0.717, 1.165) is 4.70 Å². The fourth-order valence-electron chi connectivity index (χ4n) is 1.80. The van der Waals surface area contributed by atoms with E-state index < -0.39 is 0 Å². The van der Waals surface area contributed by atoms with Crippen molar-refractivity contribution in [3.8, 4) is 0 Å². The number of amides is 1. The SMILES string of the molecule is C=CCN(CC=C)C(=O)c1sc2cccnc2c1N. The van der Waals surface area contributed by atoms with Crippen LogP contribution < -0.4 is 5.73 Å². The molecule has 2 aromatic heterocycles. The zero-order valence-corrected chi connectivity index (χ0v) is 11.3. The third-order valence-electron chi connectivity index (χ3n) is 2.66. The molecule has 0 aromatic carbocycles. The standard InChI is InChI=1S/C14H15N3OS/c1-3-8-17(9-4-2)14(18)13-11(15)12-10(19-13)6-5-7-16-12/h3-7H,1-2,8-9,15H2. The van der Waals surface area contributed by atoms with Crippen LogP contribution >= 0.6 is 11.3 Å². The lowest BCUT2D eigenvalue weighted by molar-refractivity contribution is 0.0796. The van der Waals surface area contributed by atoms with Crippen LogP contribution in [0.2, 0.25) is 0 Å². The average Bonchev–Trinajstić information content (AvgIpc) is 2.76. The van der Waals surface area contributed by atoms with Gasteiger partial charge in [-0.25, -0.2) is 0 Å². The molecule has 4 nitrogen and oxygen atoms in total. The molecule has 0 bridgehead atoms. The number of carbonyl (C=O) groups excluding carboxylic acids is 1. The highest BCUT2D eigenvalue weighted by Crippen LogP contribution is 2.32. The normalized spacial score (nSPS) is 10.3. The van der Waals surface area contributed by atoms with Gasteiger partial charge in [-0.3, -0.25) is 9.78 Å². The molecule has 0 aliphatic heterocycles. The predicted octanol–water partition coefficient (Wildman–Crippen LogP) is 2.69. The Morgan fingerprint density at radius 3 is 2.68 bits per heavy atom. The molecular weight excluding hydrogens is 258 g/mol. The number of hydrogen-bond donors (Lipinski definition) is 1. The van der Waals surface area contributed by atoms with Crippen LogP contribution in [0.15, 0.2) is 43.6 Å². The van der Waals surface area contributed by atoms with Crippen molar-refractivity contribution >= 4 is 33.1 Å². The molecule has 2 heterocycles. The van der Waals surface area contributed by atoms with Gasteiger partial charge < -0.3 is 10.6 Å². The van der Waals surface area contributed by atoms with Crippen molar-refractivity contribution in [2.45, 2.75) is 0 Å². The largest absolute Gasteiger partial charge is 0.396 e. The first-order chi connectivity index (χ1) is 9.19. The highest BCUT2D eigenvalue weighted by Gasteiger charge is 2.21. The Kier molecular flexibility index (Phi) is 3.97. The van der Waals surface area contributed by atoms with Crippen LogP contribution in [0.1, 0.15) is 9.67 Å². The van der Waals surface area contributed by atoms with E-state index in [1.807, 2.05) is 12.1 Å². The molecule has 0 atom stereocenters. The third-order valence-corrected chi connectivity index (χ3v) is 3.81. The summed E-state index contributed by atoms with van der Waals surface area (Å²) in [6.07, 6.45) is 5.04. The summed E-state index contributed by atoms with van der Waals surface area (Å²) in [6.45, 7) is 8.24. The number of rotatable bonds is 5. The molecule has 0 aliphatic carbocycles. The lowest BCUT2D eigenvalue weighted by atomic mass is 10.3. The van der Waals surface area contributed by atoms with Gasteiger partial charge in [-0.1, -0.05) is 12.2 Å². The van der Waals surface area contributed by atoms with E-state index in [4.69, 9.17) is 5.73 Å². The summed E-state index contributed by atoms with van der Waals surface area (Å²) in [5, 5.41) is 0. The van der Waals surface area contributed by atoms with Gasteiger partial charge in [0.25, 0.3) is 5.91 Å². The van der Waals surface area contributed by atoms with Gasteiger partial charge in [0.05, 0.1) is 10.4 Å². The summed E-state index contributed by atoms with van der Waals surface area (Å²) in [5.41, 5.74) is 7.15. The number of nitrogens with two attached hydrogens (primary N) is 1. The van der Waals surface area contributed by atoms with Crippen LogP contribution in [0.25, 0.3) is 10.2 Å². The molecule has 0 fully saturated rings. The first-order valence-corrected chi connectivity index (χ1v) is 6.64. The van der Waals surface area contributed by atoms with Crippen molar-refractivity contribution in [2.24, 2.45) is 0 Å². The molecular formula is C14H15N3OS. The van der Waals surface area contributed by atoms with Crippen LogP contribution in [-0.2, 0) is 0 Å². The number of thiophene rings is 1. The summed E-state index contributed by atoms with van der Waals surface area (Å²) in [5.74, 6) is -0.111. The van der Waals surface area contributed by atoms with Crippen molar-refractivity contribution < 1.29 is 4.79 Å². The lowest BCUT2D eigenvalue weighted by Crippen LogP contribution is -2.31. The molecule has 0 radical (unpaired) electrons. The first-order valence-electron chi connectivity index (χ1n) is 5.83. The molecule has 2 N–H and O–H groups in total. The van der Waals surface area contributed by atoms with Crippen molar-refractivity contribution in [2.75, 3.05) is 18.8 Å². The molecule has 19 heavy (non-hydrogen) atoms. The van der Waals surface area contributed by atoms with E-state index in [1.165, 1.54) is 11.3 Å². The molecule has 0 unspecified atom stereocenters. The smallest absolute Gasteiger partial charge is 0.266 e. The number of carbonyl (C=O) groups is 1. The quantitative estimate of drug-likeness (QED) is 0.852. The number of nitrogens with zero attached hydrogens (tertiary/aromatic N) is 2. The predicted molar refractivity (Wildman–Crippen MR) is 80.3 cm³/mol. The van der Waals surface area contributed by atoms with E-state index in [2.05, 4.69) is 18.1 Å². The van der Waals surface area contributed by atoms with Crippen LogP contribution in [0, 0.1) is 0 Å². The van der Waals surface area contributed by atoms with Crippen LogP contribution in [0.3, 0.4) is 0 Å². The average molecular weight is 273 g/mol. The van der Waals surface area contributed by atoms with E-state index in [9.17, 15) is 4.79 Å². The maximum absolute atomic E-state index is 12.4. The van der Waals surface area contributed by atoms with Gasteiger partial charge in [-0.15, -0.1) is 24.5 Å². The van der Waals surface area contributed by atoms with Gasteiger partial charge in [0, 0.05) is 19.3 Å². The van der Waals surface area contributed by atoms with Gasteiger partial charge in [-0.05, 0) is 12.1 Å². The summed E-state index contributed by atoms with van der Waals surface area (Å²) < 4.78 is 0.917. The van der Waals surface area contributed by atoms with Gasteiger partial charge in [-0.2, -0.15) is 0 Å². The summed E-state index contributed by atoms with van der Waals surface area (Å²) in [4.78, 5) is 18.8. The molecule has 0 aliphatic rings. The minimum Gasteiger partial charge on any atom is -0.396 e. The Balaban J connectivity index is 2.42. The third kappa shape index (κ3) is 2.51. The van der Waals surface area contributed by atoms with Crippen molar-refractivity contribution in [1.82, 2.24) is 9.88 Å². The van der Waals surface area contributed by atoms with Crippen molar-refractivity contribution in [1.29, 1.82) is 0 Å². The Hall–Kier alpha value is -2.14. The van der Waals surface area contributed by atoms with E-state index in [-0.39, 0.29) is 5.91 Å². The summed E-state index contributed by atoms with van der Waals surface area (Å²) in [6, 6.07) is 3.74. The van der Waals surface area contributed by atoms with E-state index >= 15 is 0 Å². The monoisotopic (exact) mass is 273 g/mol. The highest BCUT2D eigenvalue weighted by molar-refractivity contribution is 7.21. The molecule has 2 aromatic rings. The fourth-order valence-corrected chi connectivity index (χ4v) is 2.85. The maximum Gasteiger partial charge on any atom is 0.266 e. The van der Waals surface area contributed by atoms with Gasteiger partial charge in [0.2, 0.25) is 0 Å². The molecule has 1 amide bonds. The number of nitrogen functional groups attached to an aromatic ring is 1. The summed E-state index contributed by atoms with van der Waals surface area (Å²) in [7, 11) is 0. The molecule has 98 valence electrons.